The van der Waals surface area contributed by atoms with E-state index in [0.29, 0.717) is 6.04 Å². The predicted octanol–water partition coefficient (Wildman–Crippen LogP) is 3.31. The smallest absolute Gasteiger partial charge is 0.128 e. The molecule has 1 N–H and O–H groups in total. The van der Waals surface area contributed by atoms with Crippen molar-refractivity contribution in [3.63, 3.8) is 0 Å². The fourth-order valence-corrected chi connectivity index (χ4v) is 2.85. The molecule has 1 aliphatic rings. The van der Waals surface area contributed by atoms with Gasteiger partial charge in [-0.3, -0.25) is 0 Å². The van der Waals surface area contributed by atoms with Crippen molar-refractivity contribution in [2.45, 2.75) is 51.4 Å². The van der Waals surface area contributed by atoms with Crippen LogP contribution in [0.2, 0.25) is 0 Å². The quantitative estimate of drug-likeness (QED) is 0.873. The molecule has 4 heteroatoms. The average molecular weight is 293 g/mol. The molecule has 2 atom stereocenters. The lowest BCUT2D eigenvalue weighted by Crippen LogP contribution is -2.38. The minimum atomic E-state index is -0.183. The molecule has 2 unspecified atom stereocenters. The van der Waals surface area contributed by atoms with Crippen molar-refractivity contribution in [2.24, 2.45) is 0 Å². The number of nitrogens with one attached hydrogen (secondary N) is 1. The number of fused-ring (bicyclic) bond motifs is 1. The van der Waals surface area contributed by atoms with Gasteiger partial charge in [-0.05, 0) is 26.5 Å². The summed E-state index contributed by atoms with van der Waals surface area (Å²) in [6, 6.07) is 6.39. The SMILES string of the molecule is CCNC1CC(CC(C)(C)OC)Oc2cc(OC)ccc21. The summed E-state index contributed by atoms with van der Waals surface area (Å²) in [4.78, 5) is 0. The van der Waals surface area contributed by atoms with Crippen LogP contribution in [0.25, 0.3) is 0 Å². The topological polar surface area (TPSA) is 39.7 Å². The van der Waals surface area contributed by atoms with E-state index in [4.69, 9.17) is 14.2 Å². The average Bonchev–Trinajstić information content (AvgIpc) is 2.46. The first-order valence-electron chi connectivity index (χ1n) is 7.62. The van der Waals surface area contributed by atoms with E-state index >= 15 is 0 Å². The summed E-state index contributed by atoms with van der Waals surface area (Å²) < 4.78 is 17.0. The molecule has 0 spiro atoms. The van der Waals surface area contributed by atoms with Gasteiger partial charge in [-0.15, -0.1) is 0 Å². The van der Waals surface area contributed by atoms with E-state index in [1.807, 2.05) is 12.1 Å². The first-order valence-corrected chi connectivity index (χ1v) is 7.62. The summed E-state index contributed by atoms with van der Waals surface area (Å²) in [6.45, 7) is 7.27. The number of hydrogen-bond donors (Lipinski definition) is 1. The van der Waals surface area contributed by atoms with E-state index in [1.54, 1.807) is 14.2 Å². The van der Waals surface area contributed by atoms with Crippen LogP contribution in [0.4, 0.5) is 0 Å². The molecule has 4 nitrogen and oxygen atoms in total. The number of benzene rings is 1. The van der Waals surface area contributed by atoms with Crippen LogP contribution in [0.3, 0.4) is 0 Å². The maximum absolute atomic E-state index is 6.19. The Balaban J connectivity index is 2.23. The molecule has 0 amide bonds. The second-order valence-electron chi connectivity index (χ2n) is 6.16. The van der Waals surface area contributed by atoms with Crippen LogP contribution in [-0.2, 0) is 4.74 Å². The molecule has 1 aromatic rings. The molecular formula is C17H27NO3. The Hall–Kier alpha value is -1.26. The second kappa shape index (κ2) is 6.67. The molecule has 118 valence electrons. The van der Waals surface area contributed by atoms with Crippen LogP contribution in [0.1, 0.15) is 45.2 Å². The molecule has 1 aromatic carbocycles. The fourth-order valence-electron chi connectivity index (χ4n) is 2.85. The van der Waals surface area contributed by atoms with Crippen LogP contribution in [0, 0.1) is 0 Å². The summed E-state index contributed by atoms with van der Waals surface area (Å²) in [7, 11) is 3.43. The lowest BCUT2D eigenvalue weighted by atomic mass is 9.90. The Kier molecular flexibility index (Phi) is 5.12. The molecule has 2 rings (SSSR count). The normalized spacial score (nSPS) is 21.6. The number of rotatable bonds is 6. The van der Waals surface area contributed by atoms with Gasteiger partial charge in [0.2, 0.25) is 0 Å². The van der Waals surface area contributed by atoms with Gasteiger partial charge in [-0.25, -0.2) is 0 Å². The van der Waals surface area contributed by atoms with Gasteiger partial charge < -0.3 is 19.5 Å². The zero-order valence-electron chi connectivity index (χ0n) is 13.7. The zero-order chi connectivity index (χ0) is 15.5. The molecule has 0 aliphatic carbocycles. The highest BCUT2D eigenvalue weighted by atomic mass is 16.5. The van der Waals surface area contributed by atoms with Crippen molar-refractivity contribution in [3.05, 3.63) is 23.8 Å². The standard InChI is InChI=1S/C17H27NO3/c1-6-18-15-9-13(11-17(2,3)20-5)21-16-10-12(19-4)7-8-14(15)16/h7-8,10,13,15,18H,6,9,11H2,1-5H3. The molecule has 0 saturated carbocycles. The van der Waals surface area contributed by atoms with Crippen LogP contribution in [0.15, 0.2) is 18.2 Å². The van der Waals surface area contributed by atoms with E-state index in [-0.39, 0.29) is 11.7 Å². The molecule has 0 radical (unpaired) electrons. The first kappa shape index (κ1) is 16.1. The molecule has 0 saturated heterocycles. The largest absolute Gasteiger partial charge is 0.497 e. The van der Waals surface area contributed by atoms with Crippen LogP contribution >= 0.6 is 0 Å². The second-order valence-corrected chi connectivity index (χ2v) is 6.16. The molecule has 0 aromatic heterocycles. The third-order valence-corrected chi connectivity index (χ3v) is 4.11. The van der Waals surface area contributed by atoms with Crippen LogP contribution in [0.5, 0.6) is 11.5 Å². The summed E-state index contributed by atoms with van der Waals surface area (Å²) in [5.41, 5.74) is 1.03. The lowest BCUT2D eigenvalue weighted by Gasteiger charge is -2.36. The van der Waals surface area contributed by atoms with Gasteiger partial charge in [-0.1, -0.05) is 13.0 Å². The van der Waals surface area contributed by atoms with Crippen molar-refractivity contribution in [2.75, 3.05) is 20.8 Å². The van der Waals surface area contributed by atoms with Crippen LogP contribution < -0.4 is 14.8 Å². The van der Waals surface area contributed by atoms with Crippen molar-refractivity contribution < 1.29 is 14.2 Å². The fraction of sp³-hybridized carbons (Fsp3) is 0.647. The van der Waals surface area contributed by atoms with E-state index in [2.05, 4.69) is 32.2 Å². The summed E-state index contributed by atoms with van der Waals surface area (Å²) >= 11 is 0. The predicted molar refractivity (Wildman–Crippen MR) is 84.1 cm³/mol. The van der Waals surface area contributed by atoms with Gasteiger partial charge in [0.1, 0.15) is 17.6 Å². The van der Waals surface area contributed by atoms with Crippen molar-refractivity contribution in [1.82, 2.24) is 5.32 Å². The Bertz CT molecular complexity index is 473. The summed E-state index contributed by atoms with van der Waals surface area (Å²) in [5, 5.41) is 3.55. The zero-order valence-corrected chi connectivity index (χ0v) is 13.7. The molecule has 1 aliphatic heterocycles. The van der Waals surface area contributed by atoms with Crippen molar-refractivity contribution in [1.29, 1.82) is 0 Å². The number of hydrogen-bond acceptors (Lipinski definition) is 4. The van der Waals surface area contributed by atoms with Gasteiger partial charge in [0.15, 0.2) is 0 Å². The first-order chi connectivity index (χ1) is 9.99. The van der Waals surface area contributed by atoms with Gasteiger partial charge in [0.05, 0.1) is 12.7 Å². The Morgan fingerprint density at radius 3 is 2.71 bits per heavy atom. The van der Waals surface area contributed by atoms with Gasteiger partial charge >= 0.3 is 0 Å². The Morgan fingerprint density at radius 2 is 2.10 bits per heavy atom. The van der Waals surface area contributed by atoms with E-state index in [0.717, 1.165) is 30.9 Å². The lowest BCUT2D eigenvalue weighted by molar-refractivity contribution is -0.0204. The van der Waals surface area contributed by atoms with Crippen molar-refractivity contribution in [3.8, 4) is 11.5 Å². The van der Waals surface area contributed by atoms with Crippen molar-refractivity contribution >= 4 is 0 Å². The minimum Gasteiger partial charge on any atom is -0.497 e. The molecular weight excluding hydrogens is 266 g/mol. The Morgan fingerprint density at radius 1 is 1.33 bits per heavy atom. The summed E-state index contributed by atoms with van der Waals surface area (Å²) in [6.07, 6.45) is 1.96. The minimum absolute atomic E-state index is 0.142. The highest BCUT2D eigenvalue weighted by Crippen LogP contribution is 2.39. The molecule has 0 bridgehead atoms. The summed E-state index contributed by atoms with van der Waals surface area (Å²) in [5.74, 6) is 1.75. The number of methoxy groups -OCH3 is 2. The molecule has 0 fully saturated rings. The van der Waals surface area contributed by atoms with Gasteiger partial charge in [0, 0.05) is 37.6 Å². The third-order valence-electron chi connectivity index (χ3n) is 4.11. The number of ether oxygens (including phenoxy) is 3. The maximum atomic E-state index is 6.19. The van der Waals surface area contributed by atoms with E-state index in [9.17, 15) is 0 Å². The van der Waals surface area contributed by atoms with E-state index < -0.39 is 0 Å². The highest BCUT2D eigenvalue weighted by molar-refractivity contribution is 5.44. The third kappa shape index (κ3) is 3.89. The van der Waals surface area contributed by atoms with Gasteiger partial charge in [-0.2, -0.15) is 0 Å². The van der Waals surface area contributed by atoms with Crippen LogP contribution in [-0.4, -0.2) is 32.5 Å². The van der Waals surface area contributed by atoms with E-state index in [1.165, 1.54) is 5.56 Å². The monoisotopic (exact) mass is 293 g/mol. The Labute approximate surface area is 127 Å². The molecule has 1 heterocycles. The van der Waals surface area contributed by atoms with Gasteiger partial charge in [0.25, 0.3) is 0 Å². The maximum Gasteiger partial charge on any atom is 0.128 e. The molecule has 21 heavy (non-hydrogen) atoms. The highest BCUT2D eigenvalue weighted by Gasteiger charge is 2.32.